The van der Waals surface area contributed by atoms with Gasteiger partial charge >= 0.3 is 0 Å². The van der Waals surface area contributed by atoms with Gasteiger partial charge in [0.25, 0.3) is 0 Å². The Kier molecular flexibility index (Phi) is 5.22. The summed E-state index contributed by atoms with van der Waals surface area (Å²) in [4.78, 5) is 15.3. The standard InChI is InChI=1S/C12H25N3O/c1-14(2)12(16)5-4-6-15(3)9-10-7-11(13)8-10/h10-11H,4-9,13H2,1-3H3. The molecule has 0 radical (unpaired) electrons. The molecule has 16 heavy (non-hydrogen) atoms. The number of rotatable bonds is 6. The van der Waals surface area contributed by atoms with Crippen LogP contribution in [-0.2, 0) is 4.79 Å². The Labute approximate surface area is 98.8 Å². The summed E-state index contributed by atoms with van der Waals surface area (Å²) >= 11 is 0. The number of hydrogen-bond acceptors (Lipinski definition) is 3. The second kappa shape index (κ2) is 6.21. The average Bonchev–Trinajstić information content (AvgIpc) is 2.15. The Morgan fingerprint density at radius 1 is 1.31 bits per heavy atom. The van der Waals surface area contributed by atoms with Crippen LogP contribution in [0.1, 0.15) is 25.7 Å². The van der Waals surface area contributed by atoms with Crippen molar-refractivity contribution in [2.75, 3.05) is 34.2 Å². The Hall–Kier alpha value is -0.610. The van der Waals surface area contributed by atoms with Crippen molar-refractivity contribution in [1.82, 2.24) is 9.80 Å². The van der Waals surface area contributed by atoms with Crippen molar-refractivity contribution in [1.29, 1.82) is 0 Å². The molecule has 0 aromatic rings. The van der Waals surface area contributed by atoms with Crippen molar-refractivity contribution >= 4 is 5.91 Å². The molecule has 1 amide bonds. The smallest absolute Gasteiger partial charge is 0.222 e. The van der Waals surface area contributed by atoms with E-state index in [1.807, 2.05) is 14.1 Å². The Morgan fingerprint density at radius 2 is 1.94 bits per heavy atom. The summed E-state index contributed by atoms with van der Waals surface area (Å²) in [6.07, 6.45) is 3.94. The first kappa shape index (κ1) is 13.5. The number of amides is 1. The highest BCUT2D eigenvalue weighted by Crippen LogP contribution is 2.25. The maximum Gasteiger partial charge on any atom is 0.222 e. The summed E-state index contributed by atoms with van der Waals surface area (Å²) in [5.41, 5.74) is 5.75. The third kappa shape index (κ3) is 4.49. The molecule has 4 heteroatoms. The zero-order chi connectivity index (χ0) is 12.1. The summed E-state index contributed by atoms with van der Waals surface area (Å²) in [5.74, 6) is 1.00. The van der Waals surface area contributed by atoms with Gasteiger partial charge in [0, 0.05) is 33.1 Å². The van der Waals surface area contributed by atoms with E-state index in [1.165, 1.54) is 12.8 Å². The molecule has 0 heterocycles. The van der Waals surface area contributed by atoms with Crippen LogP contribution in [0, 0.1) is 5.92 Å². The number of hydrogen-bond donors (Lipinski definition) is 1. The molecule has 0 saturated heterocycles. The van der Waals surface area contributed by atoms with Crippen LogP contribution >= 0.6 is 0 Å². The fraction of sp³-hybridized carbons (Fsp3) is 0.917. The highest BCUT2D eigenvalue weighted by atomic mass is 16.2. The van der Waals surface area contributed by atoms with Gasteiger partial charge < -0.3 is 15.5 Å². The van der Waals surface area contributed by atoms with Gasteiger partial charge in [0.2, 0.25) is 5.91 Å². The van der Waals surface area contributed by atoms with Crippen LogP contribution in [-0.4, -0.2) is 56.0 Å². The van der Waals surface area contributed by atoms with Gasteiger partial charge in [0.15, 0.2) is 0 Å². The number of carbonyl (C=O) groups is 1. The van der Waals surface area contributed by atoms with E-state index < -0.39 is 0 Å². The molecular formula is C12H25N3O. The fourth-order valence-electron chi connectivity index (χ4n) is 2.19. The summed E-state index contributed by atoms with van der Waals surface area (Å²) in [6.45, 7) is 2.13. The van der Waals surface area contributed by atoms with E-state index in [2.05, 4.69) is 11.9 Å². The van der Waals surface area contributed by atoms with Gasteiger partial charge in [-0.3, -0.25) is 4.79 Å². The average molecular weight is 227 g/mol. The lowest BCUT2D eigenvalue weighted by atomic mass is 9.80. The van der Waals surface area contributed by atoms with E-state index in [9.17, 15) is 4.79 Å². The Morgan fingerprint density at radius 3 is 2.44 bits per heavy atom. The molecule has 0 atom stereocenters. The quantitative estimate of drug-likeness (QED) is 0.720. The minimum absolute atomic E-state index is 0.221. The second-order valence-corrected chi connectivity index (χ2v) is 5.25. The molecule has 4 nitrogen and oxygen atoms in total. The predicted octanol–water partition coefficient (Wildman–Crippen LogP) is 0.524. The highest BCUT2D eigenvalue weighted by molar-refractivity contribution is 5.75. The highest BCUT2D eigenvalue weighted by Gasteiger charge is 2.26. The Balaban J connectivity index is 2.02. The number of carbonyl (C=O) groups excluding carboxylic acids is 1. The van der Waals surface area contributed by atoms with Crippen molar-refractivity contribution in [2.45, 2.75) is 31.7 Å². The van der Waals surface area contributed by atoms with Crippen LogP contribution in [0.4, 0.5) is 0 Å². The van der Waals surface area contributed by atoms with E-state index in [0.29, 0.717) is 12.5 Å². The van der Waals surface area contributed by atoms with Gasteiger partial charge in [-0.1, -0.05) is 0 Å². The summed E-state index contributed by atoms with van der Waals surface area (Å²) < 4.78 is 0. The topological polar surface area (TPSA) is 49.6 Å². The first-order valence-corrected chi connectivity index (χ1v) is 6.13. The summed E-state index contributed by atoms with van der Waals surface area (Å²) in [7, 11) is 5.74. The van der Waals surface area contributed by atoms with Crippen LogP contribution in [0.15, 0.2) is 0 Å². The lowest BCUT2D eigenvalue weighted by Crippen LogP contribution is -2.42. The van der Waals surface area contributed by atoms with E-state index in [1.54, 1.807) is 4.90 Å². The third-order valence-corrected chi connectivity index (χ3v) is 3.27. The van der Waals surface area contributed by atoms with E-state index in [4.69, 9.17) is 5.73 Å². The van der Waals surface area contributed by atoms with Gasteiger partial charge in [-0.05, 0) is 38.8 Å². The van der Waals surface area contributed by atoms with Gasteiger partial charge in [0.1, 0.15) is 0 Å². The van der Waals surface area contributed by atoms with Crippen LogP contribution in [0.3, 0.4) is 0 Å². The lowest BCUT2D eigenvalue weighted by Gasteiger charge is -2.35. The maximum atomic E-state index is 11.3. The molecule has 1 fully saturated rings. The van der Waals surface area contributed by atoms with E-state index >= 15 is 0 Å². The molecular weight excluding hydrogens is 202 g/mol. The van der Waals surface area contributed by atoms with Crippen LogP contribution in [0.2, 0.25) is 0 Å². The molecule has 1 aliphatic rings. The van der Waals surface area contributed by atoms with Crippen molar-refractivity contribution in [3.8, 4) is 0 Å². The van der Waals surface area contributed by atoms with Gasteiger partial charge in [0.05, 0.1) is 0 Å². The number of nitrogens with two attached hydrogens (primary N) is 1. The number of nitrogens with zero attached hydrogens (tertiary/aromatic N) is 2. The second-order valence-electron chi connectivity index (χ2n) is 5.25. The van der Waals surface area contributed by atoms with Gasteiger partial charge in [-0.15, -0.1) is 0 Å². The van der Waals surface area contributed by atoms with Crippen molar-refractivity contribution in [3.05, 3.63) is 0 Å². The largest absolute Gasteiger partial charge is 0.349 e. The van der Waals surface area contributed by atoms with Crippen molar-refractivity contribution in [3.63, 3.8) is 0 Å². The van der Waals surface area contributed by atoms with Crippen molar-refractivity contribution in [2.24, 2.45) is 11.7 Å². The molecule has 0 aromatic carbocycles. The molecule has 1 rings (SSSR count). The van der Waals surface area contributed by atoms with E-state index in [0.717, 1.165) is 25.4 Å². The summed E-state index contributed by atoms with van der Waals surface area (Å²) in [6, 6.07) is 0.439. The minimum atomic E-state index is 0.221. The molecule has 0 unspecified atom stereocenters. The Bertz CT molecular complexity index is 224. The molecule has 0 aliphatic heterocycles. The van der Waals surface area contributed by atoms with E-state index in [-0.39, 0.29) is 5.91 Å². The molecule has 0 bridgehead atoms. The predicted molar refractivity (Wildman–Crippen MR) is 66.1 cm³/mol. The molecule has 0 spiro atoms. The third-order valence-electron chi connectivity index (χ3n) is 3.27. The fourth-order valence-corrected chi connectivity index (χ4v) is 2.19. The molecule has 1 saturated carbocycles. The zero-order valence-electron chi connectivity index (χ0n) is 10.8. The maximum absolute atomic E-state index is 11.3. The molecule has 1 aliphatic carbocycles. The normalized spacial score (nSPS) is 24.3. The monoisotopic (exact) mass is 227 g/mol. The van der Waals surface area contributed by atoms with Crippen molar-refractivity contribution < 1.29 is 4.79 Å². The first-order valence-electron chi connectivity index (χ1n) is 6.13. The van der Waals surface area contributed by atoms with Crippen LogP contribution in [0.5, 0.6) is 0 Å². The zero-order valence-corrected chi connectivity index (χ0v) is 10.8. The van der Waals surface area contributed by atoms with Crippen LogP contribution < -0.4 is 5.73 Å². The molecule has 94 valence electrons. The summed E-state index contributed by atoms with van der Waals surface area (Å²) in [5, 5.41) is 0. The van der Waals surface area contributed by atoms with Gasteiger partial charge in [-0.25, -0.2) is 0 Å². The lowest BCUT2D eigenvalue weighted by molar-refractivity contribution is -0.128. The minimum Gasteiger partial charge on any atom is -0.349 e. The molecule has 0 aromatic heterocycles. The SMILES string of the molecule is CN(CCCC(=O)N(C)C)CC1CC(N)C1. The van der Waals surface area contributed by atoms with Gasteiger partial charge in [-0.2, -0.15) is 0 Å². The first-order chi connectivity index (χ1) is 7.49. The van der Waals surface area contributed by atoms with Crippen LogP contribution in [0.25, 0.3) is 0 Å². The molecule has 2 N–H and O–H groups in total.